The van der Waals surface area contributed by atoms with E-state index >= 15 is 0 Å². The summed E-state index contributed by atoms with van der Waals surface area (Å²) in [5.41, 5.74) is 5.60. The largest absolute Gasteiger partial charge is 0.490 e. The molecule has 2 rings (SSSR count). The SMILES string of the molecule is CCCOc1ccccc1Oc1ncnc(N)c1Cl. The third-order valence-corrected chi connectivity index (χ3v) is 2.66. The lowest BCUT2D eigenvalue weighted by atomic mass is 10.3. The Morgan fingerprint density at radius 2 is 1.95 bits per heavy atom. The quantitative estimate of drug-likeness (QED) is 0.909. The molecule has 0 amide bonds. The zero-order valence-electron chi connectivity index (χ0n) is 10.5. The topological polar surface area (TPSA) is 70.3 Å². The number of benzene rings is 1. The monoisotopic (exact) mass is 279 g/mol. The predicted molar refractivity (Wildman–Crippen MR) is 73.8 cm³/mol. The van der Waals surface area contributed by atoms with Crippen molar-refractivity contribution in [3.63, 3.8) is 0 Å². The van der Waals surface area contributed by atoms with E-state index in [1.807, 2.05) is 25.1 Å². The molecule has 0 saturated heterocycles. The van der Waals surface area contributed by atoms with Crippen molar-refractivity contribution in [1.82, 2.24) is 9.97 Å². The van der Waals surface area contributed by atoms with Gasteiger partial charge in [-0.2, -0.15) is 4.98 Å². The second-order valence-corrected chi connectivity index (χ2v) is 4.15. The summed E-state index contributed by atoms with van der Waals surface area (Å²) >= 11 is 5.98. The van der Waals surface area contributed by atoms with Gasteiger partial charge in [0, 0.05) is 0 Å². The lowest BCUT2D eigenvalue weighted by Gasteiger charge is -2.12. The molecule has 19 heavy (non-hydrogen) atoms. The van der Waals surface area contributed by atoms with Gasteiger partial charge in [0.05, 0.1) is 6.61 Å². The van der Waals surface area contributed by atoms with Gasteiger partial charge in [-0.1, -0.05) is 30.7 Å². The van der Waals surface area contributed by atoms with Gasteiger partial charge in [-0.05, 0) is 18.6 Å². The Bertz CT molecular complexity index is 563. The first-order valence-electron chi connectivity index (χ1n) is 5.88. The molecule has 0 aliphatic carbocycles. The fraction of sp³-hybridized carbons (Fsp3) is 0.231. The van der Waals surface area contributed by atoms with Crippen LogP contribution in [0.3, 0.4) is 0 Å². The van der Waals surface area contributed by atoms with E-state index in [2.05, 4.69) is 9.97 Å². The van der Waals surface area contributed by atoms with Crippen molar-refractivity contribution >= 4 is 17.4 Å². The van der Waals surface area contributed by atoms with Crippen LogP contribution in [0.15, 0.2) is 30.6 Å². The lowest BCUT2D eigenvalue weighted by Crippen LogP contribution is -1.99. The molecule has 2 N–H and O–H groups in total. The Morgan fingerprint density at radius 3 is 2.68 bits per heavy atom. The van der Waals surface area contributed by atoms with E-state index in [4.69, 9.17) is 26.8 Å². The molecule has 0 aliphatic rings. The Morgan fingerprint density at radius 1 is 1.21 bits per heavy atom. The van der Waals surface area contributed by atoms with Gasteiger partial charge in [-0.25, -0.2) is 4.98 Å². The van der Waals surface area contributed by atoms with Gasteiger partial charge in [0.25, 0.3) is 0 Å². The van der Waals surface area contributed by atoms with Gasteiger partial charge in [0.15, 0.2) is 11.5 Å². The Kier molecular flexibility index (Phi) is 4.41. The van der Waals surface area contributed by atoms with E-state index in [-0.39, 0.29) is 16.7 Å². The van der Waals surface area contributed by atoms with Crippen LogP contribution in [0.2, 0.25) is 5.02 Å². The smallest absolute Gasteiger partial charge is 0.243 e. The molecule has 0 radical (unpaired) electrons. The van der Waals surface area contributed by atoms with Crippen LogP contribution in [0, 0.1) is 0 Å². The average Bonchev–Trinajstić information content (AvgIpc) is 2.43. The van der Waals surface area contributed by atoms with Crippen molar-refractivity contribution < 1.29 is 9.47 Å². The van der Waals surface area contributed by atoms with Crippen LogP contribution in [-0.4, -0.2) is 16.6 Å². The maximum atomic E-state index is 5.98. The van der Waals surface area contributed by atoms with E-state index in [0.29, 0.717) is 18.1 Å². The number of anilines is 1. The number of hydrogen-bond donors (Lipinski definition) is 1. The first-order chi connectivity index (χ1) is 9.22. The van der Waals surface area contributed by atoms with Crippen LogP contribution < -0.4 is 15.2 Å². The van der Waals surface area contributed by atoms with Gasteiger partial charge in [-0.15, -0.1) is 0 Å². The minimum absolute atomic E-state index is 0.179. The zero-order chi connectivity index (χ0) is 13.7. The van der Waals surface area contributed by atoms with Gasteiger partial charge < -0.3 is 15.2 Å². The molecule has 1 aromatic heterocycles. The fourth-order valence-corrected chi connectivity index (χ4v) is 1.54. The summed E-state index contributed by atoms with van der Waals surface area (Å²) in [5, 5.41) is 0.188. The zero-order valence-corrected chi connectivity index (χ0v) is 11.2. The van der Waals surface area contributed by atoms with Crippen molar-refractivity contribution in [1.29, 1.82) is 0 Å². The van der Waals surface area contributed by atoms with Gasteiger partial charge >= 0.3 is 0 Å². The molecule has 0 fully saturated rings. The summed E-state index contributed by atoms with van der Waals surface area (Å²) < 4.78 is 11.2. The van der Waals surface area contributed by atoms with Crippen molar-refractivity contribution in [2.45, 2.75) is 13.3 Å². The summed E-state index contributed by atoms with van der Waals surface area (Å²) in [6.45, 7) is 2.64. The van der Waals surface area contributed by atoms with Crippen LogP contribution in [0.1, 0.15) is 13.3 Å². The number of aromatic nitrogens is 2. The van der Waals surface area contributed by atoms with E-state index < -0.39 is 0 Å². The summed E-state index contributed by atoms with van der Waals surface area (Å²) in [7, 11) is 0. The molecule has 2 aromatic rings. The van der Waals surface area contributed by atoms with Gasteiger partial charge in [0.2, 0.25) is 5.88 Å². The number of rotatable bonds is 5. The van der Waals surface area contributed by atoms with Crippen LogP contribution in [0.25, 0.3) is 0 Å². The maximum Gasteiger partial charge on any atom is 0.243 e. The van der Waals surface area contributed by atoms with E-state index in [1.54, 1.807) is 6.07 Å². The fourth-order valence-electron chi connectivity index (χ4n) is 1.41. The summed E-state index contributed by atoms with van der Waals surface area (Å²) in [6, 6.07) is 7.31. The summed E-state index contributed by atoms with van der Waals surface area (Å²) in [6.07, 6.45) is 2.21. The standard InChI is InChI=1S/C13H14ClN3O2/c1-2-7-18-9-5-3-4-6-10(9)19-13-11(14)12(15)16-8-17-13/h3-6,8H,2,7H2,1H3,(H2,15,16,17). The van der Waals surface area contributed by atoms with Gasteiger partial charge in [-0.3, -0.25) is 0 Å². The highest BCUT2D eigenvalue weighted by molar-refractivity contribution is 6.34. The minimum Gasteiger partial charge on any atom is -0.490 e. The van der Waals surface area contributed by atoms with Crippen LogP contribution in [-0.2, 0) is 0 Å². The molecular formula is C13H14ClN3O2. The third-order valence-electron chi connectivity index (χ3n) is 2.30. The lowest BCUT2D eigenvalue weighted by molar-refractivity contribution is 0.301. The number of nitrogens with two attached hydrogens (primary N) is 1. The van der Waals surface area contributed by atoms with Crippen LogP contribution in [0.5, 0.6) is 17.4 Å². The first-order valence-corrected chi connectivity index (χ1v) is 6.25. The Hall–Kier alpha value is -2.01. The molecule has 0 saturated carbocycles. The number of halogens is 1. The number of nitrogens with zero attached hydrogens (tertiary/aromatic N) is 2. The normalized spacial score (nSPS) is 10.2. The highest BCUT2D eigenvalue weighted by Crippen LogP contribution is 2.34. The van der Waals surface area contributed by atoms with Crippen molar-refractivity contribution in [3.8, 4) is 17.4 Å². The molecule has 5 nitrogen and oxygen atoms in total. The minimum atomic E-state index is 0.179. The van der Waals surface area contributed by atoms with Crippen LogP contribution in [0.4, 0.5) is 5.82 Å². The van der Waals surface area contributed by atoms with Crippen molar-refractivity contribution in [2.75, 3.05) is 12.3 Å². The average molecular weight is 280 g/mol. The number of ether oxygens (including phenoxy) is 2. The molecule has 6 heteroatoms. The Balaban J connectivity index is 2.25. The molecule has 1 heterocycles. The van der Waals surface area contributed by atoms with Gasteiger partial charge in [0.1, 0.15) is 17.2 Å². The molecule has 0 aliphatic heterocycles. The molecule has 1 aromatic carbocycles. The second-order valence-electron chi connectivity index (χ2n) is 3.78. The van der Waals surface area contributed by atoms with Crippen molar-refractivity contribution in [3.05, 3.63) is 35.6 Å². The molecule has 100 valence electrons. The van der Waals surface area contributed by atoms with E-state index in [1.165, 1.54) is 6.33 Å². The highest BCUT2D eigenvalue weighted by Gasteiger charge is 2.11. The third kappa shape index (κ3) is 3.26. The predicted octanol–water partition coefficient (Wildman–Crippen LogP) is 3.29. The maximum absolute atomic E-state index is 5.98. The molecule has 0 atom stereocenters. The van der Waals surface area contributed by atoms with E-state index in [0.717, 1.165) is 6.42 Å². The molecule has 0 unspecified atom stereocenters. The molecular weight excluding hydrogens is 266 g/mol. The van der Waals surface area contributed by atoms with E-state index in [9.17, 15) is 0 Å². The first kappa shape index (κ1) is 13.4. The number of hydrogen-bond acceptors (Lipinski definition) is 5. The second kappa shape index (κ2) is 6.24. The number of nitrogen functional groups attached to an aromatic ring is 1. The summed E-state index contributed by atoms with van der Waals surface area (Å²) in [4.78, 5) is 7.73. The highest BCUT2D eigenvalue weighted by atomic mass is 35.5. The van der Waals surface area contributed by atoms with Crippen LogP contribution >= 0.6 is 11.6 Å². The molecule has 0 bridgehead atoms. The Labute approximate surface area is 116 Å². The molecule has 0 spiro atoms. The number of para-hydroxylation sites is 2. The summed E-state index contributed by atoms with van der Waals surface area (Å²) in [5.74, 6) is 1.56. The van der Waals surface area contributed by atoms with Crippen molar-refractivity contribution in [2.24, 2.45) is 0 Å².